The van der Waals surface area contributed by atoms with E-state index in [0.29, 0.717) is 6.42 Å². The fourth-order valence-electron chi connectivity index (χ4n) is 1.39. The highest BCUT2D eigenvalue weighted by atomic mass is 35.5. The maximum atomic E-state index is 10.6. The van der Waals surface area contributed by atoms with Crippen molar-refractivity contribution in [2.75, 3.05) is 0 Å². The van der Waals surface area contributed by atoms with Crippen molar-refractivity contribution in [2.45, 2.75) is 27.2 Å². The second kappa shape index (κ2) is 5.86. The first-order chi connectivity index (χ1) is 7.93. The number of allylic oxidation sites excluding steroid dienone is 1. The topological polar surface area (TPSA) is 17.1 Å². The number of carbonyl (C=O) groups excluding carboxylic acids is 1. The molecule has 0 saturated carbocycles. The lowest BCUT2D eigenvalue weighted by molar-refractivity contribution is -0.107. The number of aldehydes is 1. The Morgan fingerprint density at radius 2 is 1.88 bits per heavy atom. The summed E-state index contributed by atoms with van der Waals surface area (Å²) in [7, 11) is 0. The maximum Gasteiger partial charge on any atom is 0.124 e. The number of hydrogen-bond acceptors (Lipinski definition) is 1. The number of benzene rings is 1. The minimum atomic E-state index is -0.0379. The molecule has 0 atom stereocenters. The lowest BCUT2D eigenvalue weighted by Gasteiger charge is -2.18. The molecule has 0 spiro atoms. The number of rotatable bonds is 3. The van der Waals surface area contributed by atoms with E-state index in [1.54, 1.807) is 0 Å². The molecule has 0 heterocycles. The first-order valence-corrected chi connectivity index (χ1v) is 5.96. The second-order valence-corrected chi connectivity index (χ2v) is 5.38. The van der Waals surface area contributed by atoms with E-state index in [2.05, 4.69) is 26.5 Å². The van der Waals surface area contributed by atoms with Crippen molar-refractivity contribution in [3.05, 3.63) is 46.2 Å². The first-order valence-electron chi connectivity index (χ1n) is 5.59. The monoisotopic (exact) mass is 248 g/mol. The highest BCUT2D eigenvalue weighted by molar-refractivity contribution is 6.30. The zero-order valence-corrected chi connectivity index (χ0v) is 11.2. The summed E-state index contributed by atoms with van der Waals surface area (Å²) < 4.78 is 0. The van der Waals surface area contributed by atoms with Crippen LogP contribution < -0.4 is 0 Å². The third-order valence-corrected chi connectivity index (χ3v) is 2.73. The number of carbonyl (C=O) groups is 1. The Kier molecular flexibility index (Phi) is 4.74. The third kappa shape index (κ3) is 4.60. The van der Waals surface area contributed by atoms with E-state index in [9.17, 15) is 4.79 Å². The summed E-state index contributed by atoms with van der Waals surface area (Å²) >= 11 is 5.81. The molecule has 2 heteroatoms. The predicted molar refractivity (Wildman–Crippen MR) is 73.1 cm³/mol. The van der Waals surface area contributed by atoms with Crippen molar-refractivity contribution < 1.29 is 4.79 Å². The molecule has 1 nitrogen and oxygen atoms in total. The summed E-state index contributed by atoms with van der Waals surface area (Å²) in [6, 6.07) is 7.53. The van der Waals surface area contributed by atoms with Gasteiger partial charge < -0.3 is 4.79 Å². The molecule has 1 aromatic carbocycles. The van der Waals surface area contributed by atoms with Crippen molar-refractivity contribution in [1.29, 1.82) is 0 Å². The van der Waals surface area contributed by atoms with Gasteiger partial charge in [0.05, 0.1) is 0 Å². The van der Waals surface area contributed by atoms with Gasteiger partial charge in [0.2, 0.25) is 0 Å². The summed E-state index contributed by atoms with van der Waals surface area (Å²) in [5, 5.41) is 0.718. The van der Waals surface area contributed by atoms with Crippen LogP contribution in [-0.2, 0) is 4.79 Å². The van der Waals surface area contributed by atoms with Gasteiger partial charge in [0.25, 0.3) is 0 Å². The van der Waals surface area contributed by atoms with Gasteiger partial charge in [-0.05, 0) is 34.8 Å². The Morgan fingerprint density at radius 3 is 2.35 bits per heavy atom. The largest absolute Gasteiger partial charge is 0.303 e. The van der Waals surface area contributed by atoms with Gasteiger partial charge in [0.1, 0.15) is 6.29 Å². The van der Waals surface area contributed by atoms with Crippen LogP contribution in [0.25, 0.3) is 6.08 Å². The number of halogens is 1. The van der Waals surface area contributed by atoms with Crippen LogP contribution >= 0.6 is 11.6 Å². The zero-order valence-electron chi connectivity index (χ0n) is 10.5. The summed E-state index contributed by atoms with van der Waals surface area (Å²) in [5.41, 5.74) is 5.21. The second-order valence-electron chi connectivity index (χ2n) is 4.94. The molecular formula is C15H17ClO. The highest BCUT2D eigenvalue weighted by Gasteiger charge is 2.15. The van der Waals surface area contributed by atoms with E-state index >= 15 is 0 Å². The molecule has 0 N–H and O–H groups in total. The van der Waals surface area contributed by atoms with E-state index < -0.39 is 0 Å². The van der Waals surface area contributed by atoms with E-state index in [-0.39, 0.29) is 5.41 Å². The van der Waals surface area contributed by atoms with Crippen LogP contribution in [0.5, 0.6) is 0 Å². The average Bonchev–Trinajstić information content (AvgIpc) is 2.25. The molecule has 90 valence electrons. The van der Waals surface area contributed by atoms with Crippen LogP contribution in [0.15, 0.2) is 35.6 Å². The molecule has 1 aromatic rings. The first kappa shape index (κ1) is 13.8. The highest BCUT2D eigenvalue weighted by Crippen LogP contribution is 2.26. The summed E-state index contributed by atoms with van der Waals surface area (Å²) in [6.07, 6.45) is 3.23. The molecule has 0 aliphatic carbocycles. The lowest BCUT2D eigenvalue weighted by atomic mass is 9.85. The normalized spacial score (nSPS) is 10.6. The molecule has 0 fully saturated rings. The minimum Gasteiger partial charge on any atom is -0.303 e. The molecule has 0 aliphatic heterocycles. The maximum absolute atomic E-state index is 10.6. The molecular weight excluding hydrogens is 232 g/mol. The average molecular weight is 249 g/mol. The predicted octanol–water partition coefficient (Wildman–Crippen LogP) is 4.51. The fourth-order valence-corrected chi connectivity index (χ4v) is 1.52. The molecule has 0 aromatic heterocycles. The van der Waals surface area contributed by atoms with Crippen molar-refractivity contribution in [1.82, 2.24) is 0 Å². The van der Waals surface area contributed by atoms with Crippen molar-refractivity contribution in [3.8, 4) is 0 Å². The van der Waals surface area contributed by atoms with Gasteiger partial charge in [-0.1, -0.05) is 44.5 Å². The quantitative estimate of drug-likeness (QED) is 0.568. The Bertz CT molecular complexity index is 443. The Morgan fingerprint density at radius 1 is 1.29 bits per heavy atom. The smallest absolute Gasteiger partial charge is 0.124 e. The van der Waals surface area contributed by atoms with Gasteiger partial charge in [0, 0.05) is 11.4 Å². The van der Waals surface area contributed by atoms with Gasteiger partial charge in [-0.3, -0.25) is 0 Å². The van der Waals surface area contributed by atoms with E-state index in [0.717, 1.165) is 22.4 Å². The summed E-state index contributed by atoms with van der Waals surface area (Å²) in [4.78, 5) is 10.6. The van der Waals surface area contributed by atoms with Crippen molar-refractivity contribution in [2.24, 2.45) is 5.41 Å². The molecule has 0 bridgehead atoms. The summed E-state index contributed by atoms with van der Waals surface area (Å²) in [6.45, 7) is 6.23. The van der Waals surface area contributed by atoms with Gasteiger partial charge >= 0.3 is 0 Å². The SMILES string of the molecule is CC(C)(C)C(=C=Cc1ccc(Cl)cc1)CC=O. The van der Waals surface area contributed by atoms with Gasteiger partial charge in [0.15, 0.2) is 0 Å². The van der Waals surface area contributed by atoms with E-state index in [4.69, 9.17) is 11.6 Å². The third-order valence-electron chi connectivity index (χ3n) is 2.48. The zero-order chi connectivity index (χ0) is 12.9. The molecule has 0 aliphatic rings. The summed E-state index contributed by atoms with van der Waals surface area (Å²) in [5.74, 6) is 0. The molecule has 17 heavy (non-hydrogen) atoms. The Hall–Kier alpha value is -1.30. The van der Waals surface area contributed by atoms with Crippen LogP contribution in [0.1, 0.15) is 32.8 Å². The van der Waals surface area contributed by atoms with Crippen LogP contribution in [0.3, 0.4) is 0 Å². The Balaban J connectivity index is 3.05. The number of hydrogen-bond donors (Lipinski definition) is 0. The standard InChI is InChI=1S/C15H17ClO/c1-15(2,3)13(10-11-17)7-4-12-5-8-14(16)9-6-12/h4-6,8-9,11H,10H2,1-3H3. The molecule has 0 amide bonds. The van der Waals surface area contributed by atoms with Crippen molar-refractivity contribution in [3.63, 3.8) is 0 Å². The van der Waals surface area contributed by atoms with Crippen LogP contribution in [0, 0.1) is 5.41 Å². The minimum absolute atomic E-state index is 0.0379. The van der Waals surface area contributed by atoms with E-state index in [1.807, 2.05) is 30.3 Å². The van der Waals surface area contributed by atoms with Gasteiger partial charge in [-0.2, -0.15) is 0 Å². The van der Waals surface area contributed by atoms with Gasteiger partial charge in [-0.25, -0.2) is 0 Å². The fraction of sp³-hybridized carbons (Fsp3) is 0.333. The lowest BCUT2D eigenvalue weighted by Crippen LogP contribution is -2.08. The van der Waals surface area contributed by atoms with E-state index in [1.165, 1.54) is 0 Å². The molecule has 0 saturated heterocycles. The molecule has 0 unspecified atom stereocenters. The molecule has 0 radical (unpaired) electrons. The van der Waals surface area contributed by atoms with Crippen molar-refractivity contribution >= 4 is 24.0 Å². The van der Waals surface area contributed by atoms with Crippen LogP contribution in [0.2, 0.25) is 5.02 Å². The van der Waals surface area contributed by atoms with Crippen LogP contribution in [-0.4, -0.2) is 6.29 Å². The Labute approximate surface area is 108 Å². The molecule has 1 rings (SSSR count). The van der Waals surface area contributed by atoms with Crippen LogP contribution in [0.4, 0.5) is 0 Å². The van der Waals surface area contributed by atoms with Gasteiger partial charge in [-0.15, -0.1) is 5.73 Å².